The molecule has 0 radical (unpaired) electrons. The molecule has 0 fully saturated rings. The summed E-state index contributed by atoms with van der Waals surface area (Å²) in [7, 11) is 0. The topological polar surface area (TPSA) is 86.1 Å². The molecule has 2 atom stereocenters. The maximum absolute atomic E-state index is 10.5. The average Bonchev–Trinajstić information content (AvgIpc) is 2.03. The number of rotatable bonds is 6. The van der Waals surface area contributed by atoms with Gasteiger partial charge in [0.25, 0.3) is 0 Å². The second-order valence-corrected chi connectivity index (χ2v) is 3.53. The Bertz CT molecular complexity index is 189. The van der Waals surface area contributed by atoms with E-state index in [4.69, 9.17) is 10.1 Å². The van der Waals surface area contributed by atoms with Crippen molar-refractivity contribution in [3.05, 3.63) is 10.4 Å². The fourth-order valence-corrected chi connectivity index (χ4v) is 1.32. The minimum absolute atomic E-state index is 0.487. The predicted molar refractivity (Wildman–Crippen MR) is 47.8 cm³/mol. The number of azide groups is 1. The molecule has 70 valence electrons. The Balaban J connectivity index is 3.79. The molecule has 0 aromatic rings. The van der Waals surface area contributed by atoms with Gasteiger partial charge >= 0.3 is 0 Å². The third kappa shape index (κ3) is 5.12. The fraction of sp³-hybridized carbons (Fsp3) is 1.00. The number of hydrogen-bond donors (Lipinski definition) is 1. The predicted octanol–water partition coefficient (Wildman–Crippen LogP) is 2.42. The number of hydrogen-bond acceptors (Lipinski definition) is 2. The summed E-state index contributed by atoms with van der Waals surface area (Å²) in [6, 6.07) is 0. The fourth-order valence-electron chi connectivity index (χ4n) is 0.825. The van der Waals surface area contributed by atoms with Gasteiger partial charge in [-0.1, -0.05) is 31.3 Å². The SMILES string of the molecule is CCCCCC(N=[N+]=[N-])S(=O)O. The Hall–Kier alpha value is -0.580. The van der Waals surface area contributed by atoms with Crippen LogP contribution in [0.15, 0.2) is 5.11 Å². The molecular formula is C6H13N3O2S. The van der Waals surface area contributed by atoms with Crippen molar-refractivity contribution >= 4 is 11.1 Å². The highest BCUT2D eigenvalue weighted by Gasteiger charge is 2.11. The van der Waals surface area contributed by atoms with Crippen LogP contribution in [0.3, 0.4) is 0 Å². The van der Waals surface area contributed by atoms with Crippen LogP contribution in [-0.2, 0) is 11.1 Å². The molecule has 0 aliphatic heterocycles. The molecule has 0 saturated carbocycles. The van der Waals surface area contributed by atoms with E-state index >= 15 is 0 Å². The second kappa shape index (κ2) is 7.09. The molecule has 6 heteroatoms. The lowest BCUT2D eigenvalue weighted by Gasteiger charge is -2.04. The van der Waals surface area contributed by atoms with Gasteiger partial charge in [-0.15, -0.1) is 0 Å². The first-order valence-corrected chi connectivity index (χ1v) is 5.03. The molecule has 0 aromatic heterocycles. The zero-order valence-corrected chi connectivity index (χ0v) is 7.83. The van der Waals surface area contributed by atoms with Crippen molar-refractivity contribution in [3.63, 3.8) is 0 Å². The van der Waals surface area contributed by atoms with E-state index in [0.29, 0.717) is 6.42 Å². The van der Waals surface area contributed by atoms with E-state index in [2.05, 4.69) is 10.0 Å². The molecule has 0 spiro atoms. The summed E-state index contributed by atoms with van der Waals surface area (Å²) >= 11 is -2.03. The van der Waals surface area contributed by atoms with Gasteiger partial charge in [-0.25, -0.2) is 4.21 Å². The van der Waals surface area contributed by atoms with E-state index in [9.17, 15) is 4.21 Å². The molecule has 0 heterocycles. The molecule has 0 bridgehead atoms. The summed E-state index contributed by atoms with van der Waals surface area (Å²) in [6.07, 6.45) is 3.35. The molecule has 0 amide bonds. The zero-order chi connectivity index (χ0) is 9.40. The number of nitrogens with zero attached hydrogens (tertiary/aromatic N) is 3. The summed E-state index contributed by atoms with van der Waals surface area (Å²) in [4.78, 5) is 2.51. The van der Waals surface area contributed by atoms with Crippen molar-refractivity contribution in [1.82, 2.24) is 0 Å². The molecule has 0 aliphatic carbocycles. The van der Waals surface area contributed by atoms with Gasteiger partial charge in [0.05, 0.1) is 0 Å². The van der Waals surface area contributed by atoms with Crippen LogP contribution in [0.1, 0.15) is 32.6 Å². The van der Waals surface area contributed by atoms with Crippen molar-refractivity contribution in [2.24, 2.45) is 5.11 Å². The normalized spacial score (nSPS) is 14.8. The van der Waals surface area contributed by atoms with Crippen molar-refractivity contribution in [1.29, 1.82) is 0 Å². The number of unbranched alkanes of at least 4 members (excludes halogenated alkanes) is 2. The quantitative estimate of drug-likeness (QED) is 0.230. The third-order valence-electron chi connectivity index (χ3n) is 1.47. The van der Waals surface area contributed by atoms with Crippen LogP contribution in [0.2, 0.25) is 0 Å². The van der Waals surface area contributed by atoms with Crippen molar-refractivity contribution in [3.8, 4) is 0 Å². The Kier molecular flexibility index (Phi) is 6.75. The van der Waals surface area contributed by atoms with E-state index < -0.39 is 16.5 Å². The second-order valence-electron chi connectivity index (χ2n) is 2.43. The van der Waals surface area contributed by atoms with Gasteiger partial charge in [0.2, 0.25) is 0 Å². The van der Waals surface area contributed by atoms with Gasteiger partial charge in [-0.3, -0.25) is 0 Å². The summed E-state index contributed by atoms with van der Waals surface area (Å²) in [5.74, 6) is 0. The molecule has 0 saturated heterocycles. The molecule has 0 aliphatic rings. The van der Waals surface area contributed by atoms with Gasteiger partial charge in [-0.05, 0) is 12.0 Å². The van der Waals surface area contributed by atoms with Gasteiger partial charge in [0, 0.05) is 4.91 Å². The van der Waals surface area contributed by atoms with Gasteiger partial charge in [-0.2, -0.15) is 0 Å². The minimum Gasteiger partial charge on any atom is -0.306 e. The molecule has 1 N–H and O–H groups in total. The van der Waals surface area contributed by atoms with Crippen LogP contribution in [0, 0.1) is 0 Å². The summed E-state index contributed by atoms with van der Waals surface area (Å²) < 4.78 is 19.2. The monoisotopic (exact) mass is 191 g/mol. The summed E-state index contributed by atoms with van der Waals surface area (Å²) in [5.41, 5.74) is 8.05. The van der Waals surface area contributed by atoms with Crippen LogP contribution in [0.5, 0.6) is 0 Å². The lowest BCUT2D eigenvalue weighted by Crippen LogP contribution is -2.10. The molecule has 0 rings (SSSR count). The Morgan fingerprint density at radius 1 is 1.67 bits per heavy atom. The average molecular weight is 191 g/mol. The smallest absolute Gasteiger partial charge is 0.161 e. The first-order chi connectivity index (χ1) is 5.72. The van der Waals surface area contributed by atoms with E-state index in [1.165, 1.54) is 0 Å². The largest absolute Gasteiger partial charge is 0.306 e. The van der Waals surface area contributed by atoms with E-state index in [0.717, 1.165) is 19.3 Å². The van der Waals surface area contributed by atoms with E-state index in [-0.39, 0.29) is 0 Å². The van der Waals surface area contributed by atoms with Crippen LogP contribution in [-0.4, -0.2) is 14.1 Å². The third-order valence-corrected chi connectivity index (χ3v) is 2.26. The molecule has 5 nitrogen and oxygen atoms in total. The summed E-state index contributed by atoms with van der Waals surface area (Å²) in [6.45, 7) is 2.04. The Morgan fingerprint density at radius 2 is 2.33 bits per heavy atom. The molecule has 2 unspecified atom stereocenters. The Labute approximate surface area is 74.1 Å². The lowest BCUT2D eigenvalue weighted by molar-refractivity contribution is 0.533. The zero-order valence-electron chi connectivity index (χ0n) is 7.01. The Morgan fingerprint density at radius 3 is 2.75 bits per heavy atom. The highest BCUT2D eigenvalue weighted by Crippen LogP contribution is 2.09. The van der Waals surface area contributed by atoms with Gasteiger partial charge in [0.1, 0.15) is 5.37 Å². The minimum atomic E-state index is -2.03. The first kappa shape index (κ1) is 11.4. The lowest BCUT2D eigenvalue weighted by atomic mass is 10.2. The van der Waals surface area contributed by atoms with Gasteiger partial charge < -0.3 is 4.55 Å². The molecular weight excluding hydrogens is 178 g/mol. The highest BCUT2D eigenvalue weighted by atomic mass is 32.2. The van der Waals surface area contributed by atoms with Crippen molar-refractivity contribution in [2.45, 2.75) is 38.0 Å². The van der Waals surface area contributed by atoms with Gasteiger partial charge in [0.15, 0.2) is 11.1 Å². The summed E-state index contributed by atoms with van der Waals surface area (Å²) in [5, 5.41) is 2.45. The van der Waals surface area contributed by atoms with Crippen molar-refractivity contribution in [2.75, 3.05) is 0 Å². The maximum Gasteiger partial charge on any atom is 0.161 e. The van der Waals surface area contributed by atoms with E-state index in [1.807, 2.05) is 6.92 Å². The van der Waals surface area contributed by atoms with Crippen LogP contribution in [0.4, 0.5) is 0 Å². The maximum atomic E-state index is 10.5. The molecule has 0 aromatic carbocycles. The van der Waals surface area contributed by atoms with Crippen LogP contribution in [0.25, 0.3) is 10.4 Å². The first-order valence-electron chi connectivity index (χ1n) is 3.86. The molecule has 12 heavy (non-hydrogen) atoms. The van der Waals surface area contributed by atoms with E-state index in [1.54, 1.807) is 0 Å². The van der Waals surface area contributed by atoms with Crippen molar-refractivity contribution < 1.29 is 8.76 Å². The highest BCUT2D eigenvalue weighted by molar-refractivity contribution is 7.79. The standard InChI is InChI=1S/C6H13N3O2S/c1-2-3-4-5-6(8-9-7)12(10)11/h6H,2-5H2,1H3,(H,10,11). The van der Waals surface area contributed by atoms with Crippen LogP contribution < -0.4 is 0 Å². The van der Waals surface area contributed by atoms with Crippen LogP contribution >= 0.6 is 0 Å².